The second-order valence-corrected chi connectivity index (χ2v) is 6.48. The van der Waals surface area contributed by atoms with Gasteiger partial charge in [-0.05, 0) is 30.2 Å². The lowest BCUT2D eigenvalue weighted by atomic mass is 10.1. The van der Waals surface area contributed by atoms with E-state index in [-0.39, 0.29) is 24.4 Å². The smallest absolute Gasteiger partial charge is 0.317 e. The van der Waals surface area contributed by atoms with E-state index in [1.54, 1.807) is 16.2 Å². The molecule has 2 rings (SSSR count). The Morgan fingerprint density at radius 3 is 3.00 bits per heavy atom. The van der Waals surface area contributed by atoms with Crippen LogP contribution in [0.2, 0.25) is 0 Å². The van der Waals surface area contributed by atoms with Crippen molar-refractivity contribution in [2.45, 2.75) is 38.6 Å². The molecule has 6 heteroatoms. The lowest BCUT2D eigenvalue weighted by Gasteiger charge is -2.22. The molecule has 2 heterocycles. The Hall–Kier alpha value is -1.56. The highest BCUT2D eigenvalue weighted by Gasteiger charge is 2.29. The Morgan fingerprint density at radius 1 is 1.57 bits per heavy atom. The summed E-state index contributed by atoms with van der Waals surface area (Å²) in [6.45, 7) is 3.29. The van der Waals surface area contributed by atoms with Crippen LogP contribution in [0.5, 0.6) is 0 Å². The highest BCUT2D eigenvalue weighted by molar-refractivity contribution is 7.10. The zero-order valence-electron chi connectivity index (χ0n) is 12.2. The number of urea groups is 1. The molecule has 1 aromatic heterocycles. The van der Waals surface area contributed by atoms with Crippen LogP contribution < -0.4 is 5.32 Å². The fourth-order valence-corrected chi connectivity index (χ4v) is 3.55. The van der Waals surface area contributed by atoms with Crippen molar-refractivity contribution in [3.63, 3.8) is 0 Å². The van der Waals surface area contributed by atoms with E-state index in [0.29, 0.717) is 13.1 Å². The van der Waals surface area contributed by atoms with E-state index in [1.807, 2.05) is 17.5 Å². The number of rotatable bonds is 6. The van der Waals surface area contributed by atoms with E-state index in [1.165, 1.54) is 4.88 Å². The Balaban J connectivity index is 1.89. The Kier molecular flexibility index (Phi) is 5.61. The molecule has 21 heavy (non-hydrogen) atoms. The first-order valence-electron chi connectivity index (χ1n) is 7.40. The molecule has 1 saturated heterocycles. The van der Waals surface area contributed by atoms with Crippen molar-refractivity contribution >= 4 is 23.3 Å². The van der Waals surface area contributed by atoms with Gasteiger partial charge in [0.25, 0.3) is 0 Å². The van der Waals surface area contributed by atoms with Crippen molar-refractivity contribution in [3.05, 3.63) is 22.4 Å². The molecule has 1 fully saturated rings. The monoisotopic (exact) mass is 310 g/mol. The fraction of sp³-hybridized carbons (Fsp3) is 0.600. The third kappa shape index (κ3) is 4.46. The molecule has 2 unspecified atom stereocenters. The summed E-state index contributed by atoms with van der Waals surface area (Å²) in [7, 11) is 0. The summed E-state index contributed by atoms with van der Waals surface area (Å²) in [4.78, 5) is 26.0. The van der Waals surface area contributed by atoms with E-state index in [9.17, 15) is 9.59 Å². The molecule has 0 spiro atoms. The predicted molar refractivity (Wildman–Crippen MR) is 82.4 cm³/mol. The average Bonchev–Trinajstić information content (AvgIpc) is 3.08. The zero-order valence-corrected chi connectivity index (χ0v) is 13.1. The summed E-state index contributed by atoms with van der Waals surface area (Å²) in [5.41, 5.74) is 0. The minimum atomic E-state index is -0.787. The second-order valence-electron chi connectivity index (χ2n) is 5.50. The number of aliphatic carboxylic acids is 1. The number of likely N-dealkylation sites (tertiary alicyclic amines) is 1. The van der Waals surface area contributed by atoms with E-state index < -0.39 is 5.97 Å². The van der Waals surface area contributed by atoms with Crippen LogP contribution in [0.1, 0.15) is 43.5 Å². The summed E-state index contributed by atoms with van der Waals surface area (Å²) in [6.07, 6.45) is 2.84. The molecule has 0 aliphatic carbocycles. The average molecular weight is 310 g/mol. The van der Waals surface area contributed by atoms with Gasteiger partial charge < -0.3 is 15.3 Å². The number of hydrogen-bond donors (Lipinski definition) is 2. The highest BCUT2D eigenvalue weighted by atomic mass is 32.1. The Bertz CT molecular complexity index is 475. The van der Waals surface area contributed by atoms with E-state index in [2.05, 4.69) is 12.2 Å². The van der Waals surface area contributed by atoms with Crippen molar-refractivity contribution < 1.29 is 14.7 Å². The van der Waals surface area contributed by atoms with Gasteiger partial charge in [-0.1, -0.05) is 19.4 Å². The molecule has 0 radical (unpaired) electrons. The standard InChI is InChI=1S/C15H22N2O3S/c1-2-4-12(13-5-3-8-21-13)16-15(20)17-7-6-11(10-17)9-14(18)19/h3,5,8,11-12H,2,4,6-7,9-10H2,1H3,(H,16,20)(H,18,19). The minimum absolute atomic E-state index is 0.0565. The van der Waals surface area contributed by atoms with Crippen LogP contribution in [0.15, 0.2) is 17.5 Å². The van der Waals surface area contributed by atoms with Crippen LogP contribution in [0, 0.1) is 5.92 Å². The fourth-order valence-electron chi connectivity index (χ4n) is 2.73. The maximum atomic E-state index is 12.3. The number of hydrogen-bond acceptors (Lipinski definition) is 3. The predicted octanol–water partition coefficient (Wildman–Crippen LogP) is 3.10. The molecular weight excluding hydrogens is 288 g/mol. The maximum absolute atomic E-state index is 12.3. The van der Waals surface area contributed by atoms with Crippen LogP contribution in [0.25, 0.3) is 0 Å². The van der Waals surface area contributed by atoms with E-state index >= 15 is 0 Å². The lowest BCUT2D eigenvalue weighted by molar-refractivity contribution is -0.138. The van der Waals surface area contributed by atoms with Crippen molar-refractivity contribution in [1.82, 2.24) is 10.2 Å². The Labute approximate surface area is 129 Å². The molecule has 0 aromatic carbocycles. The molecular formula is C15H22N2O3S. The summed E-state index contributed by atoms with van der Waals surface area (Å²) < 4.78 is 0. The maximum Gasteiger partial charge on any atom is 0.317 e. The zero-order chi connectivity index (χ0) is 15.2. The van der Waals surface area contributed by atoms with E-state index in [0.717, 1.165) is 19.3 Å². The van der Waals surface area contributed by atoms with Crippen LogP contribution in [-0.2, 0) is 4.79 Å². The first-order chi connectivity index (χ1) is 10.1. The normalized spacial score (nSPS) is 19.5. The van der Waals surface area contributed by atoms with Gasteiger partial charge in [0, 0.05) is 24.4 Å². The van der Waals surface area contributed by atoms with Crippen molar-refractivity contribution in [3.8, 4) is 0 Å². The van der Waals surface area contributed by atoms with Gasteiger partial charge in [-0.2, -0.15) is 0 Å². The SMILES string of the molecule is CCCC(NC(=O)N1CCC(CC(=O)O)C1)c1cccs1. The van der Waals surface area contributed by atoms with Crippen molar-refractivity contribution in [1.29, 1.82) is 0 Å². The molecule has 2 amide bonds. The van der Waals surface area contributed by atoms with Gasteiger partial charge in [-0.25, -0.2) is 4.79 Å². The Morgan fingerprint density at radius 2 is 2.38 bits per heavy atom. The molecule has 2 atom stereocenters. The van der Waals surface area contributed by atoms with E-state index in [4.69, 9.17) is 5.11 Å². The van der Waals surface area contributed by atoms with Crippen LogP contribution >= 0.6 is 11.3 Å². The number of carboxylic acids is 1. The van der Waals surface area contributed by atoms with Gasteiger partial charge >= 0.3 is 12.0 Å². The molecule has 116 valence electrons. The third-order valence-corrected chi connectivity index (χ3v) is 4.78. The first kappa shape index (κ1) is 15.8. The molecule has 1 aliphatic heterocycles. The minimum Gasteiger partial charge on any atom is -0.481 e. The molecule has 0 saturated carbocycles. The number of nitrogens with one attached hydrogen (secondary N) is 1. The summed E-state index contributed by atoms with van der Waals surface area (Å²) in [6, 6.07) is 4.02. The first-order valence-corrected chi connectivity index (χ1v) is 8.28. The summed E-state index contributed by atoms with van der Waals surface area (Å²) >= 11 is 1.65. The largest absolute Gasteiger partial charge is 0.481 e. The molecule has 5 nitrogen and oxygen atoms in total. The van der Waals surface area contributed by atoms with Crippen LogP contribution in [-0.4, -0.2) is 35.1 Å². The van der Waals surface area contributed by atoms with Gasteiger partial charge in [-0.3, -0.25) is 4.79 Å². The number of nitrogens with zero attached hydrogens (tertiary/aromatic N) is 1. The quantitative estimate of drug-likeness (QED) is 0.848. The number of carboxylic acid groups (broad SMARTS) is 1. The van der Waals surface area contributed by atoms with Gasteiger partial charge in [0.15, 0.2) is 0 Å². The van der Waals surface area contributed by atoms with Crippen LogP contribution in [0.4, 0.5) is 4.79 Å². The molecule has 2 N–H and O–H groups in total. The van der Waals surface area contributed by atoms with Gasteiger partial charge in [0.05, 0.1) is 6.04 Å². The molecule has 0 bridgehead atoms. The summed E-state index contributed by atoms with van der Waals surface area (Å²) in [5.74, 6) is -0.704. The number of thiophene rings is 1. The van der Waals surface area contributed by atoms with Gasteiger partial charge in [0.2, 0.25) is 0 Å². The highest BCUT2D eigenvalue weighted by Crippen LogP contribution is 2.25. The second kappa shape index (κ2) is 7.45. The number of carbonyl (C=O) groups is 2. The van der Waals surface area contributed by atoms with Crippen molar-refractivity contribution in [2.75, 3.05) is 13.1 Å². The summed E-state index contributed by atoms with van der Waals surface area (Å²) in [5, 5.41) is 13.9. The number of carbonyl (C=O) groups excluding carboxylic acids is 1. The van der Waals surface area contributed by atoms with Gasteiger partial charge in [0.1, 0.15) is 0 Å². The third-order valence-electron chi connectivity index (χ3n) is 3.80. The topological polar surface area (TPSA) is 69.6 Å². The number of amides is 2. The van der Waals surface area contributed by atoms with Crippen LogP contribution in [0.3, 0.4) is 0 Å². The molecule has 1 aromatic rings. The lowest BCUT2D eigenvalue weighted by Crippen LogP contribution is -2.40. The molecule has 1 aliphatic rings. The van der Waals surface area contributed by atoms with Gasteiger partial charge in [-0.15, -0.1) is 11.3 Å². The van der Waals surface area contributed by atoms with Crippen molar-refractivity contribution in [2.24, 2.45) is 5.92 Å².